The summed E-state index contributed by atoms with van der Waals surface area (Å²) in [6.07, 6.45) is 1.36. The van der Waals surface area contributed by atoms with Gasteiger partial charge in [0.1, 0.15) is 6.10 Å². The smallest absolute Gasteiger partial charge is 0.191 e. The quantitative estimate of drug-likeness (QED) is 0.328. The fraction of sp³-hybridized carbons (Fsp3) is 0.217. The number of aromatic nitrogens is 2. The van der Waals surface area contributed by atoms with Gasteiger partial charge in [-0.05, 0) is 42.1 Å². The Balaban J connectivity index is 1.38. The summed E-state index contributed by atoms with van der Waals surface area (Å²) in [5.74, 6) is 0.640. The van der Waals surface area contributed by atoms with Crippen LogP contribution >= 0.6 is 11.3 Å². The van der Waals surface area contributed by atoms with Crippen LogP contribution in [0.4, 0.5) is 0 Å². The molecule has 4 rings (SSSR count). The molecule has 0 saturated carbocycles. The highest BCUT2D eigenvalue weighted by Crippen LogP contribution is 2.29. The van der Waals surface area contributed by atoms with Gasteiger partial charge in [0.05, 0.1) is 11.4 Å². The van der Waals surface area contributed by atoms with Gasteiger partial charge in [0.15, 0.2) is 5.96 Å². The molecule has 2 aromatic heterocycles. The van der Waals surface area contributed by atoms with E-state index in [1.807, 2.05) is 60.3 Å². The van der Waals surface area contributed by atoms with Crippen molar-refractivity contribution in [3.63, 3.8) is 0 Å². The maximum absolute atomic E-state index is 10.6. The molecule has 7 heteroatoms. The minimum absolute atomic E-state index is 0.381. The molecule has 3 N–H and O–H groups in total. The Labute approximate surface area is 179 Å². The maximum Gasteiger partial charge on any atom is 0.191 e. The molecule has 0 aliphatic heterocycles. The Hall–Kier alpha value is -3.16. The molecule has 1 unspecified atom stereocenters. The number of aryl methyl sites for hydroxylation is 1. The average molecular weight is 420 g/mol. The van der Waals surface area contributed by atoms with Gasteiger partial charge in [0, 0.05) is 35.9 Å². The van der Waals surface area contributed by atoms with Crippen LogP contribution < -0.4 is 10.6 Å². The van der Waals surface area contributed by atoms with Crippen molar-refractivity contribution in [2.75, 3.05) is 13.6 Å². The van der Waals surface area contributed by atoms with Gasteiger partial charge in [0.2, 0.25) is 0 Å². The Morgan fingerprint density at radius 3 is 2.70 bits per heavy atom. The number of aliphatic imine (C=N–C) groups is 1. The molecule has 0 saturated heterocycles. The van der Waals surface area contributed by atoms with Crippen molar-refractivity contribution in [2.24, 2.45) is 4.99 Å². The number of para-hydroxylation sites is 1. The van der Waals surface area contributed by atoms with E-state index in [4.69, 9.17) is 0 Å². The molecule has 2 aromatic carbocycles. The topological polar surface area (TPSA) is 74.5 Å². The molecular formula is C23H25N5OS. The van der Waals surface area contributed by atoms with Crippen molar-refractivity contribution >= 4 is 27.4 Å². The van der Waals surface area contributed by atoms with Crippen molar-refractivity contribution in [2.45, 2.75) is 19.6 Å². The standard InChI is InChI=1S/C23H25N5OS/c1-16-11-12-28(27-16)19-9-5-3-8-18(19)14-25-23(24-2)26-15-20(29)22-13-17-7-4-6-10-21(17)30-22/h3-13,20,29H,14-15H2,1-2H3,(H2,24,25,26). The molecule has 0 radical (unpaired) electrons. The second kappa shape index (κ2) is 9.11. The normalized spacial score (nSPS) is 12.8. The average Bonchev–Trinajstić information content (AvgIpc) is 3.40. The molecule has 154 valence electrons. The van der Waals surface area contributed by atoms with E-state index in [2.05, 4.69) is 38.9 Å². The number of hydrogen-bond acceptors (Lipinski definition) is 4. The van der Waals surface area contributed by atoms with Crippen LogP contribution in [0.3, 0.4) is 0 Å². The van der Waals surface area contributed by atoms with Crippen molar-refractivity contribution in [1.29, 1.82) is 0 Å². The number of fused-ring (bicyclic) bond motifs is 1. The minimum atomic E-state index is -0.597. The van der Waals surface area contributed by atoms with Gasteiger partial charge < -0.3 is 15.7 Å². The zero-order valence-corrected chi connectivity index (χ0v) is 17.9. The SMILES string of the molecule is CN=C(NCc1ccccc1-n1ccc(C)n1)NCC(O)c1cc2ccccc2s1. The lowest BCUT2D eigenvalue weighted by atomic mass is 10.2. The summed E-state index contributed by atoms with van der Waals surface area (Å²) >= 11 is 1.62. The van der Waals surface area contributed by atoms with E-state index in [0.717, 1.165) is 27.2 Å². The first-order chi connectivity index (χ1) is 14.6. The predicted molar refractivity (Wildman–Crippen MR) is 123 cm³/mol. The van der Waals surface area contributed by atoms with E-state index >= 15 is 0 Å². The Morgan fingerprint density at radius 1 is 1.13 bits per heavy atom. The van der Waals surface area contributed by atoms with Gasteiger partial charge in [0.25, 0.3) is 0 Å². The molecule has 30 heavy (non-hydrogen) atoms. The molecule has 0 amide bonds. The molecule has 1 atom stereocenters. The van der Waals surface area contributed by atoms with Crippen molar-refractivity contribution < 1.29 is 5.11 Å². The first kappa shape index (κ1) is 20.1. The summed E-state index contributed by atoms with van der Waals surface area (Å²) in [5, 5.41) is 22.8. The number of aliphatic hydroxyl groups is 1. The number of guanidine groups is 1. The van der Waals surface area contributed by atoms with Crippen molar-refractivity contribution in [1.82, 2.24) is 20.4 Å². The van der Waals surface area contributed by atoms with E-state index < -0.39 is 6.10 Å². The van der Waals surface area contributed by atoms with Gasteiger partial charge in [-0.15, -0.1) is 11.3 Å². The van der Waals surface area contributed by atoms with Gasteiger partial charge in [-0.2, -0.15) is 5.10 Å². The summed E-state index contributed by atoms with van der Waals surface area (Å²) in [5.41, 5.74) is 3.11. The monoisotopic (exact) mass is 419 g/mol. The molecular weight excluding hydrogens is 394 g/mol. The molecule has 0 spiro atoms. The van der Waals surface area contributed by atoms with Crippen molar-refractivity contribution in [3.8, 4) is 5.69 Å². The highest BCUT2D eigenvalue weighted by molar-refractivity contribution is 7.19. The fourth-order valence-electron chi connectivity index (χ4n) is 3.29. The lowest BCUT2D eigenvalue weighted by Gasteiger charge is -2.16. The van der Waals surface area contributed by atoms with E-state index in [0.29, 0.717) is 19.0 Å². The van der Waals surface area contributed by atoms with Crippen LogP contribution in [-0.2, 0) is 6.54 Å². The van der Waals surface area contributed by atoms with E-state index in [1.165, 1.54) is 4.70 Å². The first-order valence-electron chi connectivity index (χ1n) is 9.85. The predicted octanol–water partition coefficient (Wildman–Crippen LogP) is 3.79. The van der Waals surface area contributed by atoms with E-state index in [9.17, 15) is 5.11 Å². The summed E-state index contributed by atoms with van der Waals surface area (Å²) < 4.78 is 3.06. The van der Waals surface area contributed by atoms with Gasteiger partial charge in [-0.1, -0.05) is 36.4 Å². The van der Waals surface area contributed by atoms with Crippen LogP contribution in [0, 0.1) is 6.92 Å². The minimum Gasteiger partial charge on any atom is -0.386 e. The number of hydrogen-bond donors (Lipinski definition) is 3. The zero-order chi connectivity index (χ0) is 20.9. The molecule has 0 fully saturated rings. The number of nitrogens with zero attached hydrogens (tertiary/aromatic N) is 3. The first-order valence-corrected chi connectivity index (χ1v) is 10.7. The van der Waals surface area contributed by atoms with Crippen LogP contribution in [-0.4, -0.2) is 34.4 Å². The van der Waals surface area contributed by atoms with Crippen LogP contribution in [0.1, 0.15) is 22.2 Å². The Morgan fingerprint density at radius 2 is 1.93 bits per heavy atom. The van der Waals surface area contributed by atoms with Gasteiger partial charge in [-0.3, -0.25) is 4.99 Å². The Kier molecular flexibility index (Phi) is 6.11. The third-order valence-corrected chi connectivity index (χ3v) is 6.08. The second-order valence-corrected chi connectivity index (χ2v) is 8.15. The largest absolute Gasteiger partial charge is 0.386 e. The number of thiophene rings is 1. The third-order valence-electron chi connectivity index (χ3n) is 4.87. The molecule has 6 nitrogen and oxygen atoms in total. The van der Waals surface area contributed by atoms with Gasteiger partial charge in [-0.25, -0.2) is 4.68 Å². The Bertz CT molecular complexity index is 1130. The molecule has 2 heterocycles. The van der Waals surface area contributed by atoms with Gasteiger partial charge >= 0.3 is 0 Å². The molecule has 0 aliphatic carbocycles. The summed E-state index contributed by atoms with van der Waals surface area (Å²) in [7, 11) is 1.73. The molecule has 0 aliphatic rings. The lowest BCUT2D eigenvalue weighted by Crippen LogP contribution is -2.39. The van der Waals surface area contributed by atoms with Crippen LogP contribution in [0.25, 0.3) is 15.8 Å². The van der Waals surface area contributed by atoms with Crippen molar-refractivity contribution in [3.05, 3.63) is 83.0 Å². The highest BCUT2D eigenvalue weighted by Gasteiger charge is 2.12. The maximum atomic E-state index is 10.6. The summed E-state index contributed by atoms with van der Waals surface area (Å²) in [6, 6.07) is 20.3. The molecule has 0 bridgehead atoms. The number of rotatable bonds is 6. The zero-order valence-electron chi connectivity index (χ0n) is 17.0. The van der Waals surface area contributed by atoms with Crippen LogP contribution in [0.2, 0.25) is 0 Å². The lowest BCUT2D eigenvalue weighted by molar-refractivity contribution is 0.184. The van der Waals surface area contributed by atoms with E-state index in [1.54, 1.807) is 18.4 Å². The fourth-order valence-corrected chi connectivity index (χ4v) is 4.34. The number of aliphatic hydroxyl groups excluding tert-OH is 1. The highest BCUT2D eigenvalue weighted by atomic mass is 32.1. The van der Waals surface area contributed by atoms with E-state index in [-0.39, 0.29) is 0 Å². The number of benzene rings is 2. The second-order valence-electron chi connectivity index (χ2n) is 7.04. The third kappa shape index (κ3) is 4.53. The number of nitrogens with one attached hydrogen (secondary N) is 2. The summed E-state index contributed by atoms with van der Waals surface area (Å²) in [6.45, 7) is 2.95. The molecule has 4 aromatic rings. The summed E-state index contributed by atoms with van der Waals surface area (Å²) in [4.78, 5) is 5.23. The van der Waals surface area contributed by atoms with Crippen LogP contribution in [0.15, 0.2) is 71.9 Å². The van der Waals surface area contributed by atoms with Crippen LogP contribution in [0.5, 0.6) is 0 Å².